The molecule has 3 aromatic rings. The Morgan fingerprint density at radius 1 is 1.08 bits per heavy atom. The van der Waals surface area contributed by atoms with Crippen molar-refractivity contribution in [3.05, 3.63) is 64.3 Å². The van der Waals surface area contributed by atoms with Crippen molar-refractivity contribution in [2.75, 3.05) is 6.54 Å². The molecule has 0 aliphatic heterocycles. The SMILES string of the molecule is CC(C)(CNS(=O)(=O)c1cccc(Cl)c1)c1c[nH]c2ccc(Cl)cc12. The highest BCUT2D eigenvalue weighted by atomic mass is 35.5. The van der Waals surface area contributed by atoms with Crippen LogP contribution in [0.4, 0.5) is 0 Å². The normalized spacial score (nSPS) is 12.6. The highest BCUT2D eigenvalue weighted by Crippen LogP contribution is 2.32. The number of hydrogen-bond donors (Lipinski definition) is 2. The Morgan fingerprint density at radius 3 is 2.52 bits per heavy atom. The Hall–Kier alpha value is -1.53. The van der Waals surface area contributed by atoms with Gasteiger partial charge in [0, 0.05) is 39.1 Å². The molecular weight excluding hydrogens is 379 g/mol. The molecule has 0 unspecified atom stereocenters. The average molecular weight is 397 g/mol. The van der Waals surface area contributed by atoms with Crippen molar-refractivity contribution in [1.82, 2.24) is 9.71 Å². The van der Waals surface area contributed by atoms with Gasteiger partial charge in [-0.15, -0.1) is 0 Å². The summed E-state index contributed by atoms with van der Waals surface area (Å²) in [5.41, 5.74) is 1.53. The van der Waals surface area contributed by atoms with Crippen LogP contribution in [0, 0.1) is 0 Å². The molecule has 0 saturated heterocycles. The predicted octanol–water partition coefficient (Wildman–Crippen LogP) is 4.73. The fourth-order valence-electron chi connectivity index (χ4n) is 2.74. The van der Waals surface area contributed by atoms with Gasteiger partial charge in [-0.1, -0.05) is 43.1 Å². The maximum absolute atomic E-state index is 12.5. The molecule has 1 aromatic heterocycles. The lowest BCUT2D eigenvalue weighted by Gasteiger charge is -2.25. The second kappa shape index (κ2) is 6.65. The number of hydrogen-bond acceptors (Lipinski definition) is 2. The maximum atomic E-state index is 12.5. The first-order chi connectivity index (χ1) is 11.7. The summed E-state index contributed by atoms with van der Waals surface area (Å²) in [7, 11) is -3.64. The van der Waals surface area contributed by atoms with Crippen molar-refractivity contribution in [1.29, 1.82) is 0 Å². The van der Waals surface area contributed by atoms with Gasteiger partial charge in [0.05, 0.1) is 4.90 Å². The monoisotopic (exact) mass is 396 g/mol. The van der Waals surface area contributed by atoms with Gasteiger partial charge in [-0.3, -0.25) is 0 Å². The van der Waals surface area contributed by atoms with E-state index in [1.54, 1.807) is 12.1 Å². The molecule has 0 bridgehead atoms. The summed E-state index contributed by atoms with van der Waals surface area (Å²) in [5.74, 6) is 0. The van der Waals surface area contributed by atoms with Gasteiger partial charge in [-0.2, -0.15) is 0 Å². The number of benzene rings is 2. The molecule has 0 amide bonds. The van der Waals surface area contributed by atoms with E-state index in [2.05, 4.69) is 9.71 Å². The number of aromatic nitrogens is 1. The van der Waals surface area contributed by atoms with Gasteiger partial charge in [-0.25, -0.2) is 13.1 Å². The molecule has 0 fully saturated rings. The van der Waals surface area contributed by atoms with E-state index in [9.17, 15) is 8.42 Å². The molecule has 0 spiro atoms. The standard InChI is InChI=1S/C18H18Cl2N2O2S/c1-18(2,16-10-21-17-7-6-13(20)9-15(16)17)11-22-25(23,24)14-5-3-4-12(19)8-14/h3-10,21-22H,11H2,1-2H3. The van der Waals surface area contributed by atoms with Gasteiger partial charge in [0.25, 0.3) is 0 Å². The number of fused-ring (bicyclic) bond motifs is 1. The van der Waals surface area contributed by atoms with E-state index < -0.39 is 15.4 Å². The van der Waals surface area contributed by atoms with Crippen LogP contribution in [0.3, 0.4) is 0 Å². The molecule has 0 atom stereocenters. The van der Waals surface area contributed by atoms with Crippen LogP contribution in [-0.4, -0.2) is 19.9 Å². The molecule has 0 saturated carbocycles. The third kappa shape index (κ3) is 3.85. The van der Waals surface area contributed by atoms with E-state index in [1.807, 2.05) is 38.2 Å². The minimum atomic E-state index is -3.64. The largest absolute Gasteiger partial charge is 0.361 e. The molecule has 2 aromatic carbocycles. The second-order valence-electron chi connectivity index (χ2n) is 6.56. The highest BCUT2D eigenvalue weighted by molar-refractivity contribution is 7.89. The molecule has 3 rings (SSSR count). The van der Waals surface area contributed by atoms with Gasteiger partial charge in [0.2, 0.25) is 10.0 Å². The molecule has 7 heteroatoms. The van der Waals surface area contributed by atoms with E-state index in [4.69, 9.17) is 23.2 Å². The lowest BCUT2D eigenvalue weighted by Crippen LogP contribution is -2.36. The molecule has 1 heterocycles. The minimum Gasteiger partial charge on any atom is -0.361 e. The number of rotatable bonds is 5. The summed E-state index contributed by atoms with van der Waals surface area (Å²) in [4.78, 5) is 3.36. The van der Waals surface area contributed by atoms with Crippen molar-refractivity contribution in [3.63, 3.8) is 0 Å². The topological polar surface area (TPSA) is 62.0 Å². The number of sulfonamides is 1. The van der Waals surface area contributed by atoms with E-state index in [0.29, 0.717) is 10.0 Å². The van der Waals surface area contributed by atoms with Crippen molar-refractivity contribution in [2.24, 2.45) is 0 Å². The van der Waals surface area contributed by atoms with Crippen molar-refractivity contribution < 1.29 is 8.42 Å². The van der Waals surface area contributed by atoms with Crippen LogP contribution in [0.2, 0.25) is 10.0 Å². The average Bonchev–Trinajstić information content (AvgIpc) is 2.97. The number of halogens is 2. The first kappa shape index (κ1) is 18.3. The van der Waals surface area contributed by atoms with Crippen LogP contribution in [-0.2, 0) is 15.4 Å². The smallest absolute Gasteiger partial charge is 0.240 e. The molecule has 132 valence electrons. The first-order valence-electron chi connectivity index (χ1n) is 7.71. The lowest BCUT2D eigenvalue weighted by atomic mass is 9.85. The summed E-state index contributed by atoms with van der Waals surface area (Å²) in [6.45, 7) is 4.20. The number of nitrogens with one attached hydrogen (secondary N) is 2. The lowest BCUT2D eigenvalue weighted by molar-refractivity contribution is 0.505. The number of H-pyrrole nitrogens is 1. The summed E-state index contributed by atoms with van der Waals surface area (Å²) in [5, 5.41) is 2.01. The molecule has 2 N–H and O–H groups in total. The zero-order valence-corrected chi connectivity index (χ0v) is 16.1. The zero-order chi connectivity index (χ0) is 18.2. The Balaban J connectivity index is 1.87. The minimum absolute atomic E-state index is 0.151. The third-order valence-corrected chi connectivity index (χ3v) is 6.05. The van der Waals surface area contributed by atoms with Crippen LogP contribution in [0.1, 0.15) is 19.4 Å². The molecular formula is C18H18Cl2N2O2S. The van der Waals surface area contributed by atoms with Gasteiger partial charge < -0.3 is 4.98 Å². The van der Waals surface area contributed by atoms with Gasteiger partial charge in [0.1, 0.15) is 0 Å². The third-order valence-electron chi connectivity index (χ3n) is 4.18. The summed E-state index contributed by atoms with van der Waals surface area (Å²) in [6, 6.07) is 11.8. The van der Waals surface area contributed by atoms with Crippen molar-refractivity contribution in [3.8, 4) is 0 Å². The van der Waals surface area contributed by atoms with Crippen LogP contribution in [0.5, 0.6) is 0 Å². The van der Waals surface area contributed by atoms with E-state index in [1.165, 1.54) is 12.1 Å². The van der Waals surface area contributed by atoms with Crippen molar-refractivity contribution in [2.45, 2.75) is 24.2 Å². The quantitative estimate of drug-likeness (QED) is 0.654. The summed E-state index contributed by atoms with van der Waals surface area (Å²) >= 11 is 12.0. The Morgan fingerprint density at radius 2 is 1.80 bits per heavy atom. The Labute approximate surface area is 157 Å². The Kier molecular flexibility index (Phi) is 4.86. The highest BCUT2D eigenvalue weighted by Gasteiger charge is 2.27. The van der Waals surface area contributed by atoms with Gasteiger partial charge >= 0.3 is 0 Å². The molecule has 0 aliphatic rings. The molecule has 25 heavy (non-hydrogen) atoms. The first-order valence-corrected chi connectivity index (χ1v) is 9.95. The molecule has 0 aliphatic carbocycles. The number of aromatic amines is 1. The van der Waals surface area contributed by atoms with E-state index in [0.717, 1.165) is 16.5 Å². The predicted molar refractivity (Wildman–Crippen MR) is 103 cm³/mol. The van der Waals surface area contributed by atoms with Crippen LogP contribution >= 0.6 is 23.2 Å². The zero-order valence-electron chi connectivity index (χ0n) is 13.8. The van der Waals surface area contributed by atoms with Gasteiger partial charge in [0.15, 0.2) is 0 Å². The Bertz CT molecular complexity index is 1030. The van der Waals surface area contributed by atoms with Gasteiger partial charge in [-0.05, 0) is 42.0 Å². The van der Waals surface area contributed by atoms with Crippen LogP contribution < -0.4 is 4.72 Å². The van der Waals surface area contributed by atoms with E-state index >= 15 is 0 Å². The molecule has 0 radical (unpaired) electrons. The molecule has 4 nitrogen and oxygen atoms in total. The fourth-order valence-corrected chi connectivity index (χ4v) is 4.43. The summed E-state index contributed by atoms with van der Waals surface area (Å²) in [6.07, 6.45) is 1.90. The van der Waals surface area contributed by atoms with Crippen LogP contribution in [0.15, 0.2) is 53.6 Å². The van der Waals surface area contributed by atoms with Crippen molar-refractivity contribution >= 4 is 44.1 Å². The summed E-state index contributed by atoms with van der Waals surface area (Å²) < 4.78 is 27.7. The second-order valence-corrected chi connectivity index (χ2v) is 9.20. The van der Waals surface area contributed by atoms with E-state index in [-0.39, 0.29) is 11.4 Å². The fraction of sp³-hybridized carbons (Fsp3) is 0.222. The van der Waals surface area contributed by atoms with Crippen LogP contribution in [0.25, 0.3) is 10.9 Å². The maximum Gasteiger partial charge on any atom is 0.240 e.